The smallest absolute Gasteiger partial charge is 0.270 e. The molecule has 4 heteroatoms. The molecule has 1 amide bonds. The Morgan fingerprint density at radius 3 is 2.63 bits per heavy atom. The maximum Gasteiger partial charge on any atom is 0.270 e. The Balaban J connectivity index is 1.86. The lowest BCUT2D eigenvalue weighted by Gasteiger charge is -2.34. The fourth-order valence-corrected chi connectivity index (χ4v) is 4.03. The molecule has 2 atom stereocenters. The van der Waals surface area contributed by atoms with Crippen LogP contribution in [0.25, 0.3) is 10.9 Å². The molecule has 1 fully saturated rings. The van der Waals surface area contributed by atoms with Crippen molar-refractivity contribution in [3.8, 4) is 0 Å². The number of rotatable bonds is 1. The Labute approximate surface area is 117 Å². The van der Waals surface area contributed by atoms with Crippen molar-refractivity contribution in [2.24, 2.45) is 0 Å². The topological polar surface area (TPSA) is 36.1 Å². The number of aromatic nitrogens is 1. The number of amides is 1. The number of hydrogen-bond acceptors (Lipinski definition) is 2. The number of nitrogens with one attached hydrogen (secondary N) is 1. The minimum atomic E-state index is 0.121. The highest BCUT2D eigenvalue weighted by Crippen LogP contribution is 2.26. The standard InChI is InChI=1S/C15H18N2OS/c1-10-8-17(9-11(2)19-10)15(18)14-7-12-5-3-4-6-13(12)16-14/h3-7,10-11,16H,8-9H2,1-2H3. The maximum absolute atomic E-state index is 12.5. The van der Waals surface area contributed by atoms with Crippen LogP contribution in [0.3, 0.4) is 0 Å². The summed E-state index contributed by atoms with van der Waals surface area (Å²) in [5, 5.41) is 2.12. The molecule has 3 nitrogen and oxygen atoms in total. The monoisotopic (exact) mass is 274 g/mol. The molecule has 1 aromatic carbocycles. The van der Waals surface area contributed by atoms with Gasteiger partial charge in [0.05, 0.1) is 0 Å². The zero-order chi connectivity index (χ0) is 13.4. The Kier molecular flexibility index (Phi) is 3.27. The van der Waals surface area contributed by atoms with E-state index >= 15 is 0 Å². The molecule has 19 heavy (non-hydrogen) atoms. The van der Waals surface area contributed by atoms with Crippen molar-refractivity contribution in [3.63, 3.8) is 0 Å². The van der Waals surface area contributed by atoms with Crippen molar-refractivity contribution in [2.75, 3.05) is 13.1 Å². The summed E-state index contributed by atoms with van der Waals surface area (Å²) in [7, 11) is 0. The van der Waals surface area contributed by atoms with E-state index in [-0.39, 0.29) is 5.91 Å². The quantitative estimate of drug-likeness (QED) is 0.867. The first-order valence-corrected chi connectivity index (χ1v) is 7.60. The molecule has 1 N–H and O–H groups in total. The number of thioether (sulfide) groups is 1. The molecule has 1 aromatic heterocycles. The first-order chi connectivity index (χ1) is 9.13. The van der Waals surface area contributed by atoms with Crippen LogP contribution in [0.15, 0.2) is 30.3 Å². The summed E-state index contributed by atoms with van der Waals surface area (Å²) in [4.78, 5) is 17.7. The number of hydrogen-bond donors (Lipinski definition) is 1. The summed E-state index contributed by atoms with van der Waals surface area (Å²) in [6, 6.07) is 9.96. The lowest BCUT2D eigenvalue weighted by atomic mass is 10.2. The van der Waals surface area contributed by atoms with Gasteiger partial charge in [-0.15, -0.1) is 0 Å². The van der Waals surface area contributed by atoms with Gasteiger partial charge in [0.15, 0.2) is 0 Å². The van der Waals surface area contributed by atoms with E-state index in [0.717, 1.165) is 24.0 Å². The molecule has 2 unspecified atom stereocenters. The summed E-state index contributed by atoms with van der Waals surface area (Å²) < 4.78 is 0. The average Bonchev–Trinajstić information content (AvgIpc) is 2.80. The number of para-hydroxylation sites is 1. The normalized spacial score (nSPS) is 23.8. The molecule has 2 heterocycles. The number of carbonyl (C=O) groups is 1. The minimum Gasteiger partial charge on any atom is -0.351 e. The molecule has 100 valence electrons. The molecule has 1 aliphatic rings. The van der Waals surface area contributed by atoms with Crippen LogP contribution in [-0.2, 0) is 0 Å². The third-order valence-corrected chi connectivity index (χ3v) is 4.69. The van der Waals surface area contributed by atoms with E-state index in [0.29, 0.717) is 16.2 Å². The van der Waals surface area contributed by atoms with Crippen molar-refractivity contribution in [1.82, 2.24) is 9.88 Å². The van der Waals surface area contributed by atoms with Crippen molar-refractivity contribution in [1.29, 1.82) is 0 Å². The molecule has 1 saturated heterocycles. The predicted molar refractivity (Wildman–Crippen MR) is 80.7 cm³/mol. The predicted octanol–water partition coefficient (Wildman–Crippen LogP) is 3.13. The lowest BCUT2D eigenvalue weighted by Crippen LogP contribution is -2.44. The summed E-state index contributed by atoms with van der Waals surface area (Å²) in [6.07, 6.45) is 0. The first kappa shape index (κ1) is 12.6. The van der Waals surface area contributed by atoms with E-state index in [4.69, 9.17) is 0 Å². The van der Waals surface area contributed by atoms with Gasteiger partial charge in [0.1, 0.15) is 5.69 Å². The lowest BCUT2D eigenvalue weighted by molar-refractivity contribution is 0.0748. The largest absolute Gasteiger partial charge is 0.351 e. The van der Waals surface area contributed by atoms with Gasteiger partial charge < -0.3 is 9.88 Å². The van der Waals surface area contributed by atoms with E-state index in [1.54, 1.807) is 0 Å². The minimum absolute atomic E-state index is 0.121. The summed E-state index contributed by atoms with van der Waals surface area (Å²) >= 11 is 1.96. The van der Waals surface area contributed by atoms with Gasteiger partial charge in [-0.2, -0.15) is 11.8 Å². The first-order valence-electron chi connectivity index (χ1n) is 6.66. The molecule has 0 spiro atoms. The van der Waals surface area contributed by atoms with Crippen LogP contribution in [0, 0.1) is 0 Å². The van der Waals surface area contributed by atoms with Gasteiger partial charge in [0.25, 0.3) is 5.91 Å². The number of fused-ring (bicyclic) bond motifs is 1. The van der Waals surface area contributed by atoms with Crippen LogP contribution in [0.5, 0.6) is 0 Å². The second-order valence-electron chi connectivity index (χ2n) is 5.24. The second-order valence-corrected chi connectivity index (χ2v) is 7.12. The molecule has 0 radical (unpaired) electrons. The number of nitrogens with zero attached hydrogens (tertiary/aromatic N) is 1. The van der Waals surface area contributed by atoms with Crippen LogP contribution >= 0.6 is 11.8 Å². The Hall–Kier alpha value is -1.42. The molecular weight excluding hydrogens is 256 g/mol. The fraction of sp³-hybridized carbons (Fsp3) is 0.400. The molecular formula is C15H18N2OS. The molecule has 0 bridgehead atoms. The van der Waals surface area contributed by atoms with Gasteiger partial charge in [-0.3, -0.25) is 4.79 Å². The van der Waals surface area contributed by atoms with Crippen molar-refractivity contribution in [2.45, 2.75) is 24.3 Å². The van der Waals surface area contributed by atoms with Gasteiger partial charge in [-0.05, 0) is 12.1 Å². The number of carbonyl (C=O) groups excluding carboxylic acids is 1. The van der Waals surface area contributed by atoms with Gasteiger partial charge in [0, 0.05) is 34.5 Å². The van der Waals surface area contributed by atoms with Gasteiger partial charge in [0.2, 0.25) is 0 Å². The van der Waals surface area contributed by atoms with Crippen LogP contribution in [0.1, 0.15) is 24.3 Å². The van der Waals surface area contributed by atoms with E-state index in [2.05, 4.69) is 18.8 Å². The van der Waals surface area contributed by atoms with E-state index in [1.165, 1.54) is 0 Å². The van der Waals surface area contributed by atoms with Gasteiger partial charge in [-0.1, -0.05) is 32.0 Å². The highest BCUT2D eigenvalue weighted by Gasteiger charge is 2.27. The zero-order valence-corrected chi connectivity index (χ0v) is 12.0. The summed E-state index contributed by atoms with van der Waals surface area (Å²) in [5.41, 5.74) is 1.73. The zero-order valence-electron chi connectivity index (χ0n) is 11.2. The number of aromatic amines is 1. The van der Waals surface area contributed by atoms with Crippen molar-refractivity contribution in [3.05, 3.63) is 36.0 Å². The summed E-state index contributed by atoms with van der Waals surface area (Å²) in [5.74, 6) is 0.121. The Bertz CT molecular complexity index is 564. The van der Waals surface area contributed by atoms with Crippen LogP contribution in [0.4, 0.5) is 0 Å². The van der Waals surface area contributed by atoms with Crippen LogP contribution in [-0.4, -0.2) is 39.4 Å². The Morgan fingerprint density at radius 1 is 1.26 bits per heavy atom. The Morgan fingerprint density at radius 2 is 1.95 bits per heavy atom. The molecule has 0 saturated carbocycles. The molecule has 1 aliphatic heterocycles. The average molecular weight is 274 g/mol. The van der Waals surface area contributed by atoms with Crippen molar-refractivity contribution >= 4 is 28.6 Å². The van der Waals surface area contributed by atoms with Gasteiger partial charge >= 0.3 is 0 Å². The molecule has 3 rings (SSSR count). The SMILES string of the molecule is CC1CN(C(=O)c2cc3ccccc3[nH]2)CC(C)S1. The second kappa shape index (κ2) is 4.93. The van der Waals surface area contributed by atoms with Crippen LogP contribution in [0.2, 0.25) is 0 Å². The summed E-state index contributed by atoms with van der Waals surface area (Å²) in [6.45, 7) is 6.05. The van der Waals surface area contributed by atoms with E-state index in [1.807, 2.05) is 47.0 Å². The van der Waals surface area contributed by atoms with Crippen molar-refractivity contribution < 1.29 is 4.79 Å². The molecule has 2 aromatic rings. The fourth-order valence-electron chi connectivity index (χ4n) is 2.70. The van der Waals surface area contributed by atoms with Crippen LogP contribution < -0.4 is 0 Å². The van der Waals surface area contributed by atoms with E-state index < -0.39 is 0 Å². The maximum atomic E-state index is 12.5. The highest BCUT2D eigenvalue weighted by atomic mass is 32.2. The number of H-pyrrole nitrogens is 1. The highest BCUT2D eigenvalue weighted by molar-refractivity contribution is 8.00. The third kappa shape index (κ3) is 2.50. The molecule has 0 aliphatic carbocycles. The van der Waals surface area contributed by atoms with E-state index in [9.17, 15) is 4.79 Å². The van der Waals surface area contributed by atoms with Gasteiger partial charge in [-0.25, -0.2) is 0 Å². The number of benzene rings is 1. The third-order valence-electron chi connectivity index (χ3n) is 3.47.